The first kappa shape index (κ1) is 17.9. The van der Waals surface area contributed by atoms with Crippen molar-refractivity contribution in [3.8, 4) is 0 Å². The van der Waals surface area contributed by atoms with E-state index in [9.17, 15) is 4.79 Å². The van der Waals surface area contributed by atoms with Gasteiger partial charge in [0.05, 0.1) is 11.1 Å². The highest BCUT2D eigenvalue weighted by Crippen LogP contribution is 2.22. The maximum Gasteiger partial charge on any atom is 0.254 e. The van der Waals surface area contributed by atoms with Crippen molar-refractivity contribution in [2.45, 2.75) is 34.1 Å². The molecule has 4 nitrogen and oxygen atoms in total. The van der Waals surface area contributed by atoms with E-state index in [0.717, 1.165) is 66.4 Å². The van der Waals surface area contributed by atoms with E-state index in [1.807, 2.05) is 24.0 Å². The molecule has 25 heavy (non-hydrogen) atoms. The third kappa shape index (κ3) is 4.18. The van der Waals surface area contributed by atoms with Gasteiger partial charge in [0.1, 0.15) is 0 Å². The number of rotatable bonds is 4. The predicted molar refractivity (Wildman–Crippen MR) is 103 cm³/mol. The Labute approximate surface area is 150 Å². The summed E-state index contributed by atoms with van der Waals surface area (Å²) in [7, 11) is 0. The highest BCUT2D eigenvalue weighted by molar-refractivity contribution is 6.06. The van der Waals surface area contributed by atoms with E-state index in [4.69, 9.17) is 0 Å². The van der Waals surface area contributed by atoms with Gasteiger partial charge in [-0.2, -0.15) is 0 Å². The van der Waals surface area contributed by atoms with Gasteiger partial charge < -0.3 is 4.90 Å². The molecule has 2 heterocycles. The molecule has 1 fully saturated rings. The van der Waals surface area contributed by atoms with Crippen LogP contribution < -0.4 is 0 Å². The summed E-state index contributed by atoms with van der Waals surface area (Å²) in [5.74, 6) is 0.874. The second kappa shape index (κ2) is 7.52. The molecule has 0 N–H and O–H groups in total. The molecule has 2 aromatic rings. The topological polar surface area (TPSA) is 36.4 Å². The van der Waals surface area contributed by atoms with Crippen molar-refractivity contribution in [2.24, 2.45) is 5.92 Å². The summed E-state index contributed by atoms with van der Waals surface area (Å²) >= 11 is 0. The first-order valence-corrected chi connectivity index (χ1v) is 9.33. The SMILES string of the molecule is Cc1ccc2nc(C)cc(C(=O)N3CCN(CCC(C)C)CC3)c2c1. The van der Waals surface area contributed by atoms with E-state index in [1.165, 1.54) is 6.42 Å². The summed E-state index contributed by atoms with van der Waals surface area (Å²) in [6, 6.07) is 8.08. The lowest BCUT2D eigenvalue weighted by Crippen LogP contribution is -2.49. The van der Waals surface area contributed by atoms with Crippen molar-refractivity contribution in [3.63, 3.8) is 0 Å². The van der Waals surface area contributed by atoms with Crippen molar-refractivity contribution < 1.29 is 4.79 Å². The number of fused-ring (bicyclic) bond motifs is 1. The normalized spacial score (nSPS) is 16.0. The van der Waals surface area contributed by atoms with Crippen molar-refractivity contribution >= 4 is 16.8 Å². The van der Waals surface area contributed by atoms with Gasteiger partial charge in [0.2, 0.25) is 0 Å². The summed E-state index contributed by atoms with van der Waals surface area (Å²) in [6.07, 6.45) is 1.22. The zero-order chi connectivity index (χ0) is 18.0. The van der Waals surface area contributed by atoms with Gasteiger partial charge in [-0.3, -0.25) is 14.7 Å². The Bertz CT molecular complexity index is 761. The van der Waals surface area contributed by atoms with Gasteiger partial charge in [0.25, 0.3) is 5.91 Å². The van der Waals surface area contributed by atoms with E-state index in [0.29, 0.717) is 0 Å². The number of benzene rings is 1. The summed E-state index contributed by atoms with van der Waals surface area (Å²) in [4.78, 5) is 22.2. The van der Waals surface area contributed by atoms with Crippen LogP contribution in [0.15, 0.2) is 24.3 Å². The largest absolute Gasteiger partial charge is 0.336 e. The number of amides is 1. The van der Waals surface area contributed by atoms with Gasteiger partial charge in [-0.05, 0) is 50.9 Å². The third-order valence-electron chi connectivity index (χ3n) is 5.00. The van der Waals surface area contributed by atoms with Crippen LogP contribution in [0.1, 0.15) is 41.9 Å². The van der Waals surface area contributed by atoms with E-state index < -0.39 is 0 Å². The number of hydrogen-bond donors (Lipinski definition) is 0. The number of aryl methyl sites for hydroxylation is 2. The number of nitrogens with zero attached hydrogens (tertiary/aromatic N) is 3. The summed E-state index contributed by atoms with van der Waals surface area (Å²) in [5.41, 5.74) is 3.76. The minimum Gasteiger partial charge on any atom is -0.336 e. The summed E-state index contributed by atoms with van der Waals surface area (Å²) in [6.45, 7) is 13.2. The molecule has 1 aliphatic rings. The fraction of sp³-hybridized carbons (Fsp3) is 0.524. The van der Waals surface area contributed by atoms with Crippen LogP contribution in [-0.2, 0) is 0 Å². The molecule has 1 aliphatic heterocycles. The number of hydrogen-bond acceptors (Lipinski definition) is 3. The zero-order valence-electron chi connectivity index (χ0n) is 15.9. The molecule has 0 aliphatic carbocycles. The smallest absolute Gasteiger partial charge is 0.254 e. The molecule has 0 atom stereocenters. The molecule has 0 radical (unpaired) electrons. The molecule has 1 saturated heterocycles. The van der Waals surface area contributed by atoms with Crippen molar-refractivity contribution in [1.29, 1.82) is 0 Å². The fourth-order valence-corrected chi connectivity index (χ4v) is 3.43. The van der Waals surface area contributed by atoms with Gasteiger partial charge in [0.15, 0.2) is 0 Å². The van der Waals surface area contributed by atoms with Crippen LogP contribution in [0, 0.1) is 19.8 Å². The number of aromatic nitrogens is 1. The minimum atomic E-state index is 0.143. The van der Waals surface area contributed by atoms with Crippen molar-refractivity contribution in [1.82, 2.24) is 14.8 Å². The molecule has 0 spiro atoms. The van der Waals surface area contributed by atoms with Crippen LogP contribution in [0.5, 0.6) is 0 Å². The van der Waals surface area contributed by atoms with Gasteiger partial charge in [0, 0.05) is 37.3 Å². The molecule has 1 amide bonds. The van der Waals surface area contributed by atoms with Crippen molar-refractivity contribution in [2.75, 3.05) is 32.7 Å². The van der Waals surface area contributed by atoms with Crippen LogP contribution >= 0.6 is 0 Å². The lowest BCUT2D eigenvalue weighted by atomic mass is 10.0. The zero-order valence-corrected chi connectivity index (χ0v) is 15.9. The molecule has 1 aromatic heterocycles. The lowest BCUT2D eigenvalue weighted by Gasteiger charge is -2.35. The van der Waals surface area contributed by atoms with Crippen LogP contribution in [-0.4, -0.2) is 53.4 Å². The Balaban J connectivity index is 1.76. The molecule has 1 aromatic carbocycles. The fourth-order valence-electron chi connectivity index (χ4n) is 3.43. The molecule has 0 bridgehead atoms. The molecule has 134 valence electrons. The van der Waals surface area contributed by atoms with Crippen LogP contribution in [0.4, 0.5) is 0 Å². The second-order valence-electron chi connectivity index (χ2n) is 7.65. The van der Waals surface area contributed by atoms with E-state index in [-0.39, 0.29) is 5.91 Å². The standard InChI is InChI=1S/C21H29N3O/c1-15(2)7-8-23-9-11-24(12-10-23)21(25)19-14-17(4)22-20-6-5-16(3)13-18(19)20/h5-6,13-15H,7-12H2,1-4H3. The predicted octanol–water partition coefficient (Wildman–Crippen LogP) is 3.66. The Hall–Kier alpha value is -1.94. The number of piperazine rings is 1. The maximum absolute atomic E-state index is 13.1. The number of carbonyl (C=O) groups is 1. The summed E-state index contributed by atoms with van der Waals surface area (Å²) in [5, 5.41) is 0.970. The molecule has 0 unspecified atom stereocenters. The molecular formula is C21H29N3O. The van der Waals surface area contributed by atoms with Crippen LogP contribution in [0.2, 0.25) is 0 Å². The average Bonchev–Trinajstić information content (AvgIpc) is 2.59. The third-order valence-corrected chi connectivity index (χ3v) is 5.00. The monoisotopic (exact) mass is 339 g/mol. The Morgan fingerprint density at radius 1 is 1.12 bits per heavy atom. The molecule has 0 saturated carbocycles. The number of pyridine rings is 1. The van der Waals surface area contributed by atoms with Crippen molar-refractivity contribution in [3.05, 3.63) is 41.1 Å². The second-order valence-corrected chi connectivity index (χ2v) is 7.65. The molecular weight excluding hydrogens is 310 g/mol. The quantitative estimate of drug-likeness (QED) is 0.853. The van der Waals surface area contributed by atoms with Gasteiger partial charge in [-0.1, -0.05) is 25.5 Å². The maximum atomic E-state index is 13.1. The van der Waals surface area contributed by atoms with E-state index in [2.05, 4.69) is 42.8 Å². The van der Waals surface area contributed by atoms with E-state index in [1.54, 1.807) is 0 Å². The average molecular weight is 339 g/mol. The van der Waals surface area contributed by atoms with Gasteiger partial charge >= 0.3 is 0 Å². The summed E-state index contributed by atoms with van der Waals surface area (Å²) < 4.78 is 0. The molecule has 4 heteroatoms. The van der Waals surface area contributed by atoms with Gasteiger partial charge in [-0.25, -0.2) is 0 Å². The van der Waals surface area contributed by atoms with Crippen LogP contribution in [0.3, 0.4) is 0 Å². The van der Waals surface area contributed by atoms with Crippen LogP contribution in [0.25, 0.3) is 10.9 Å². The number of carbonyl (C=O) groups excluding carboxylic acids is 1. The van der Waals surface area contributed by atoms with E-state index >= 15 is 0 Å². The van der Waals surface area contributed by atoms with Gasteiger partial charge in [-0.15, -0.1) is 0 Å². The lowest BCUT2D eigenvalue weighted by molar-refractivity contribution is 0.0633. The minimum absolute atomic E-state index is 0.143. The Morgan fingerprint density at radius 3 is 2.52 bits per heavy atom. The first-order valence-electron chi connectivity index (χ1n) is 9.33. The Morgan fingerprint density at radius 2 is 1.84 bits per heavy atom. The Kier molecular flexibility index (Phi) is 5.38. The highest BCUT2D eigenvalue weighted by Gasteiger charge is 2.23. The molecule has 3 rings (SSSR count). The highest BCUT2D eigenvalue weighted by atomic mass is 16.2. The first-order chi connectivity index (χ1) is 11.9.